The summed E-state index contributed by atoms with van der Waals surface area (Å²) in [5.74, 6) is -0.245. The molecule has 0 aliphatic heterocycles. The van der Waals surface area contributed by atoms with Crippen molar-refractivity contribution in [3.05, 3.63) is 30.3 Å². The van der Waals surface area contributed by atoms with E-state index in [-0.39, 0.29) is 5.97 Å². The monoisotopic (exact) mass is 260 g/mol. The average Bonchev–Trinajstić information content (AvgIpc) is 2.43. The second-order valence-electron chi connectivity index (χ2n) is 5.04. The molecule has 1 aromatic carbocycles. The molecule has 1 rings (SSSR count). The molecule has 0 radical (unpaired) electrons. The summed E-state index contributed by atoms with van der Waals surface area (Å²) in [5.41, 5.74) is 0.398. The first-order chi connectivity index (χ1) is 9.01. The van der Waals surface area contributed by atoms with Crippen LogP contribution in [0.25, 0.3) is 0 Å². The van der Waals surface area contributed by atoms with Crippen LogP contribution in [0.15, 0.2) is 30.3 Å². The molecule has 0 N–H and O–H groups in total. The summed E-state index contributed by atoms with van der Waals surface area (Å²) in [6.07, 6.45) is 0.423. The summed E-state index contributed by atoms with van der Waals surface area (Å²) in [7, 11) is 1.40. The fourth-order valence-electron chi connectivity index (χ4n) is 1.94. The van der Waals surface area contributed by atoms with E-state index in [1.807, 2.05) is 49.1 Å². The van der Waals surface area contributed by atoms with E-state index in [1.165, 1.54) is 7.11 Å². The minimum atomic E-state index is -0.611. The molecule has 19 heavy (non-hydrogen) atoms. The molecule has 0 aliphatic rings. The summed E-state index contributed by atoms with van der Waals surface area (Å²) >= 11 is 0. The van der Waals surface area contributed by atoms with Gasteiger partial charge in [0.25, 0.3) is 0 Å². The zero-order valence-corrected chi connectivity index (χ0v) is 11.7. The Morgan fingerprint density at radius 3 is 2.53 bits per heavy atom. The smallest absolute Gasteiger partial charge is 0.313 e. The number of hydrogen-bond acceptors (Lipinski definition) is 4. The largest absolute Gasteiger partial charge is 0.469 e. The van der Waals surface area contributed by atoms with Gasteiger partial charge in [0.2, 0.25) is 0 Å². The van der Waals surface area contributed by atoms with E-state index >= 15 is 0 Å². The number of benzene rings is 1. The summed E-state index contributed by atoms with van der Waals surface area (Å²) < 4.78 is 4.83. The number of anilines is 1. The molecule has 0 fully saturated rings. The molecule has 102 valence electrons. The lowest BCUT2D eigenvalue weighted by atomic mass is 9.92. The topological polar surface area (TPSA) is 53.3 Å². The summed E-state index contributed by atoms with van der Waals surface area (Å²) in [6, 6.07) is 11.9. The standard InChI is InChI=1S/C15H20N2O2/c1-15(2,14(18)19-3)12-17(11-7-10-16)13-8-5-4-6-9-13/h4-6,8-9H,7,11-12H2,1-3H3. The van der Waals surface area contributed by atoms with Gasteiger partial charge < -0.3 is 9.64 Å². The molecular weight excluding hydrogens is 240 g/mol. The molecule has 1 aromatic rings. The lowest BCUT2D eigenvalue weighted by molar-refractivity contribution is -0.150. The van der Waals surface area contributed by atoms with Crippen molar-refractivity contribution in [2.24, 2.45) is 5.41 Å². The van der Waals surface area contributed by atoms with E-state index in [0.717, 1.165) is 5.69 Å². The quantitative estimate of drug-likeness (QED) is 0.738. The molecule has 0 spiro atoms. The number of esters is 1. The van der Waals surface area contributed by atoms with Crippen LogP contribution in [0.4, 0.5) is 5.69 Å². The Morgan fingerprint density at radius 1 is 1.37 bits per heavy atom. The molecular formula is C15H20N2O2. The van der Waals surface area contributed by atoms with E-state index in [0.29, 0.717) is 19.5 Å². The maximum absolute atomic E-state index is 11.8. The Balaban J connectivity index is 2.87. The predicted molar refractivity (Wildman–Crippen MR) is 74.7 cm³/mol. The first kappa shape index (κ1) is 15.0. The lowest BCUT2D eigenvalue weighted by Crippen LogP contribution is -2.40. The molecule has 0 bridgehead atoms. The van der Waals surface area contributed by atoms with Gasteiger partial charge in [-0.3, -0.25) is 4.79 Å². The molecule has 0 unspecified atom stereocenters. The zero-order chi connectivity index (χ0) is 14.3. The van der Waals surface area contributed by atoms with Crippen molar-refractivity contribution >= 4 is 11.7 Å². The number of nitriles is 1. The van der Waals surface area contributed by atoms with Crippen LogP contribution in [0, 0.1) is 16.7 Å². The highest BCUT2D eigenvalue weighted by atomic mass is 16.5. The Kier molecular flexibility index (Phi) is 5.37. The number of para-hydroxylation sites is 1. The molecule has 0 saturated heterocycles. The van der Waals surface area contributed by atoms with Gasteiger partial charge >= 0.3 is 5.97 Å². The highest BCUT2D eigenvalue weighted by Crippen LogP contribution is 2.23. The number of nitrogens with zero attached hydrogens (tertiary/aromatic N) is 2. The average molecular weight is 260 g/mol. The normalized spacial score (nSPS) is 10.6. The second kappa shape index (κ2) is 6.79. The Morgan fingerprint density at radius 2 is 2.00 bits per heavy atom. The Hall–Kier alpha value is -2.02. The van der Waals surface area contributed by atoms with Gasteiger partial charge in [-0.1, -0.05) is 18.2 Å². The van der Waals surface area contributed by atoms with Gasteiger partial charge in [-0.25, -0.2) is 0 Å². The summed E-state index contributed by atoms with van der Waals surface area (Å²) in [6.45, 7) is 4.81. The first-order valence-electron chi connectivity index (χ1n) is 6.26. The highest BCUT2D eigenvalue weighted by Gasteiger charge is 2.31. The molecule has 0 heterocycles. The van der Waals surface area contributed by atoms with Crippen LogP contribution in [0.2, 0.25) is 0 Å². The number of carbonyl (C=O) groups excluding carboxylic acids is 1. The fraction of sp³-hybridized carbons (Fsp3) is 0.467. The van der Waals surface area contributed by atoms with Crippen molar-refractivity contribution in [2.75, 3.05) is 25.1 Å². The van der Waals surface area contributed by atoms with Gasteiger partial charge in [0.05, 0.1) is 25.0 Å². The molecule has 4 heteroatoms. The molecule has 0 aromatic heterocycles. The fourth-order valence-corrected chi connectivity index (χ4v) is 1.94. The van der Waals surface area contributed by atoms with Crippen molar-refractivity contribution in [3.63, 3.8) is 0 Å². The molecule has 4 nitrogen and oxygen atoms in total. The third kappa shape index (κ3) is 4.29. The van der Waals surface area contributed by atoms with Crippen molar-refractivity contribution in [2.45, 2.75) is 20.3 Å². The summed E-state index contributed by atoms with van der Waals surface area (Å²) in [5, 5.41) is 8.75. The molecule has 0 amide bonds. The maximum atomic E-state index is 11.8. The van der Waals surface area contributed by atoms with Gasteiger partial charge in [-0.05, 0) is 26.0 Å². The van der Waals surface area contributed by atoms with Crippen molar-refractivity contribution in [1.82, 2.24) is 0 Å². The predicted octanol–water partition coefficient (Wildman–Crippen LogP) is 2.61. The first-order valence-corrected chi connectivity index (χ1v) is 6.26. The van der Waals surface area contributed by atoms with Gasteiger partial charge in [0.1, 0.15) is 0 Å². The zero-order valence-electron chi connectivity index (χ0n) is 11.7. The van der Waals surface area contributed by atoms with Crippen LogP contribution in [0.5, 0.6) is 0 Å². The summed E-state index contributed by atoms with van der Waals surface area (Å²) in [4.78, 5) is 13.8. The van der Waals surface area contributed by atoms with Gasteiger partial charge in [0.15, 0.2) is 0 Å². The van der Waals surface area contributed by atoms with Crippen LogP contribution in [0.3, 0.4) is 0 Å². The number of rotatable bonds is 6. The van der Waals surface area contributed by atoms with Crippen LogP contribution < -0.4 is 4.90 Å². The lowest BCUT2D eigenvalue weighted by Gasteiger charge is -2.31. The van der Waals surface area contributed by atoms with Gasteiger partial charge in [0, 0.05) is 18.8 Å². The van der Waals surface area contributed by atoms with E-state index in [1.54, 1.807) is 0 Å². The molecule has 0 aliphatic carbocycles. The van der Waals surface area contributed by atoms with E-state index in [2.05, 4.69) is 6.07 Å². The van der Waals surface area contributed by atoms with Crippen molar-refractivity contribution < 1.29 is 9.53 Å². The molecule has 0 saturated carbocycles. The van der Waals surface area contributed by atoms with E-state index < -0.39 is 5.41 Å². The number of ether oxygens (including phenoxy) is 1. The third-order valence-corrected chi connectivity index (χ3v) is 2.94. The van der Waals surface area contributed by atoms with Crippen LogP contribution in [-0.4, -0.2) is 26.2 Å². The Labute approximate surface area is 114 Å². The molecule has 0 atom stereocenters. The van der Waals surface area contributed by atoms with Crippen molar-refractivity contribution in [3.8, 4) is 6.07 Å². The number of methoxy groups -OCH3 is 1. The van der Waals surface area contributed by atoms with E-state index in [4.69, 9.17) is 10.00 Å². The van der Waals surface area contributed by atoms with Gasteiger partial charge in [-0.2, -0.15) is 5.26 Å². The van der Waals surface area contributed by atoms with Crippen LogP contribution in [0.1, 0.15) is 20.3 Å². The number of carbonyl (C=O) groups is 1. The minimum Gasteiger partial charge on any atom is -0.469 e. The Bertz CT molecular complexity index is 449. The maximum Gasteiger partial charge on any atom is 0.313 e. The third-order valence-electron chi connectivity index (χ3n) is 2.94. The number of hydrogen-bond donors (Lipinski definition) is 0. The second-order valence-corrected chi connectivity index (χ2v) is 5.04. The highest BCUT2D eigenvalue weighted by molar-refractivity contribution is 5.76. The van der Waals surface area contributed by atoms with Crippen molar-refractivity contribution in [1.29, 1.82) is 5.26 Å². The SMILES string of the molecule is COC(=O)C(C)(C)CN(CCC#N)c1ccccc1. The van der Waals surface area contributed by atoms with Crippen LogP contribution >= 0.6 is 0 Å². The van der Waals surface area contributed by atoms with E-state index in [9.17, 15) is 4.79 Å². The van der Waals surface area contributed by atoms with Gasteiger partial charge in [-0.15, -0.1) is 0 Å². The minimum absolute atomic E-state index is 0.245. The van der Waals surface area contributed by atoms with Crippen LogP contribution in [-0.2, 0) is 9.53 Å².